The Balaban J connectivity index is 1.24. The molecule has 41 heavy (non-hydrogen) atoms. The normalized spacial score (nSPS) is 19.7. The molecule has 0 aromatic heterocycles. The highest BCUT2D eigenvalue weighted by molar-refractivity contribution is 9.09. The van der Waals surface area contributed by atoms with Gasteiger partial charge in [-0.15, -0.1) is 0 Å². The smallest absolute Gasteiger partial charge is 0.401 e. The van der Waals surface area contributed by atoms with Crippen molar-refractivity contribution in [3.63, 3.8) is 0 Å². The molecule has 1 amide bonds. The van der Waals surface area contributed by atoms with Crippen LogP contribution >= 0.6 is 15.9 Å². The number of carbonyl (C=O) groups is 1. The van der Waals surface area contributed by atoms with Crippen LogP contribution < -0.4 is 14.8 Å². The second-order valence-corrected chi connectivity index (χ2v) is 11.8. The Morgan fingerprint density at radius 1 is 1.05 bits per heavy atom. The van der Waals surface area contributed by atoms with Gasteiger partial charge in [-0.2, -0.15) is 13.2 Å². The van der Waals surface area contributed by atoms with E-state index in [0.29, 0.717) is 43.3 Å². The number of nitrogens with one attached hydrogen (secondary N) is 1. The maximum absolute atomic E-state index is 13.6. The van der Waals surface area contributed by atoms with Crippen LogP contribution in [0, 0.1) is 0 Å². The highest BCUT2D eigenvalue weighted by Gasteiger charge is 2.35. The third-order valence-corrected chi connectivity index (χ3v) is 8.78. The summed E-state index contributed by atoms with van der Waals surface area (Å²) in [6.45, 7) is 1.29. The molecule has 3 heterocycles. The fourth-order valence-electron chi connectivity index (χ4n) is 5.99. The van der Waals surface area contributed by atoms with E-state index >= 15 is 0 Å². The number of likely N-dealkylation sites (tertiary alicyclic amines) is 1. The van der Waals surface area contributed by atoms with Gasteiger partial charge in [0.05, 0.1) is 37.6 Å². The van der Waals surface area contributed by atoms with Crippen LogP contribution in [-0.4, -0.2) is 73.2 Å². The highest BCUT2D eigenvalue weighted by Crippen LogP contribution is 2.40. The van der Waals surface area contributed by atoms with Gasteiger partial charge in [-0.05, 0) is 80.3 Å². The average Bonchev–Trinajstić information content (AvgIpc) is 3.34. The first-order chi connectivity index (χ1) is 19.8. The van der Waals surface area contributed by atoms with Gasteiger partial charge in [0.1, 0.15) is 0 Å². The summed E-state index contributed by atoms with van der Waals surface area (Å²) in [5.74, 6) is 1.37. The minimum Gasteiger partial charge on any atom is -0.493 e. The number of fused-ring (bicyclic) bond motifs is 2. The van der Waals surface area contributed by atoms with Crippen LogP contribution in [0.25, 0.3) is 5.57 Å². The molecule has 1 fully saturated rings. The summed E-state index contributed by atoms with van der Waals surface area (Å²) in [7, 11) is 1.58. The fourth-order valence-corrected chi connectivity index (χ4v) is 6.39. The molecular formula is C31H37BrF3N3O3. The van der Waals surface area contributed by atoms with Gasteiger partial charge >= 0.3 is 6.18 Å². The third-order valence-electron chi connectivity index (χ3n) is 8.22. The van der Waals surface area contributed by atoms with E-state index in [9.17, 15) is 18.0 Å². The maximum Gasteiger partial charge on any atom is 0.401 e. The van der Waals surface area contributed by atoms with Crippen LogP contribution in [0.3, 0.4) is 0 Å². The maximum atomic E-state index is 13.6. The molecule has 0 aliphatic carbocycles. The minimum atomic E-state index is -4.15. The predicted molar refractivity (Wildman–Crippen MR) is 158 cm³/mol. The number of piperidine rings is 1. The molecule has 1 atom stereocenters. The number of rotatable bonds is 10. The molecule has 5 rings (SSSR count). The topological polar surface area (TPSA) is 54.0 Å². The summed E-state index contributed by atoms with van der Waals surface area (Å²) in [4.78, 5) is 17.0. The molecule has 2 aromatic carbocycles. The Morgan fingerprint density at radius 3 is 2.49 bits per heavy atom. The van der Waals surface area contributed by atoms with Crippen molar-refractivity contribution in [3.05, 3.63) is 59.3 Å². The first-order valence-electron chi connectivity index (χ1n) is 14.3. The summed E-state index contributed by atoms with van der Waals surface area (Å²) >= 11 is 3.45. The average molecular weight is 637 g/mol. The van der Waals surface area contributed by atoms with Crippen LogP contribution in [0.5, 0.6) is 11.5 Å². The molecule has 0 spiro atoms. The molecular weight excluding hydrogens is 599 g/mol. The van der Waals surface area contributed by atoms with Crippen LogP contribution in [0.1, 0.15) is 65.9 Å². The lowest BCUT2D eigenvalue weighted by atomic mass is 9.88. The van der Waals surface area contributed by atoms with Crippen LogP contribution in [0.15, 0.2) is 42.6 Å². The van der Waals surface area contributed by atoms with Crippen molar-refractivity contribution in [2.45, 2.75) is 56.7 Å². The van der Waals surface area contributed by atoms with Gasteiger partial charge in [0.25, 0.3) is 5.91 Å². The lowest BCUT2D eigenvalue weighted by molar-refractivity contribution is -0.147. The van der Waals surface area contributed by atoms with E-state index in [1.165, 1.54) is 4.90 Å². The van der Waals surface area contributed by atoms with E-state index in [-0.39, 0.29) is 17.9 Å². The lowest BCUT2D eigenvalue weighted by Crippen LogP contribution is -2.39. The number of halogens is 4. The zero-order valence-corrected chi connectivity index (χ0v) is 24.9. The fraction of sp³-hybridized carbons (Fsp3) is 0.516. The summed E-state index contributed by atoms with van der Waals surface area (Å²) in [6.07, 6.45) is 3.11. The van der Waals surface area contributed by atoms with Crippen molar-refractivity contribution in [2.75, 3.05) is 50.5 Å². The Kier molecular flexibility index (Phi) is 9.49. The van der Waals surface area contributed by atoms with Crippen molar-refractivity contribution >= 4 is 33.1 Å². The van der Waals surface area contributed by atoms with Crippen LogP contribution in [0.2, 0.25) is 0 Å². The highest BCUT2D eigenvalue weighted by atomic mass is 79.9. The first-order valence-corrected chi connectivity index (χ1v) is 15.5. The van der Waals surface area contributed by atoms with Gasteiger partial charge in [-0.3, -0.25) is 9.69 Å². The Bertz CT molecular complexity index is 1240. The van der Waals surface area contributed by atoms with Gasteiger partial charge in [0, 0.05) is 24.1 Å². The number of nitrogens with zero attached hydrogens (tertiary/aromatic N) is 2. The molecule has 6 nitrogen and oxygen atoms in total. The van der Waals surface area contributed by atoms with Gasteiger partial charge in [-0.1, -0.05) is 40.2 Å². The molecule has 222 valence electrons. The summed E-state index contributed by atoms with van der Waals surface area (Å²) in [5, 5.41) is 4.44. The van der Waals surface area contributed by atoms with E-state index in [1.54, 1.807) is 13.2 Å². The second kappa shape index (κ2) is 13.1. The van der Waals surface area contributed by atoms with E-state index in [2.05, 4.69) is 45.5 Å². The van der Waals surface area contributed by atoms with E-state index in [1.807, 2.05) is 17.2 Å². The van der Waals surface area contributed by atoms with Crippen molar-refractivity contribution in [1.29, 1.82) is 0 Å². The minimum absolute atomic E-state index is 0.0119. The number of anilines is 1. The molecule has 3 aliphatic rings. The zero-order chi connectivity index (χ0) is 29.0. The number of hydrogen-bond acceptors (Lipinski definition) is 5. The van der Waals surface area contributed by atoms with Crippen LogP contribution in [-0.2, 0) is 0 Å². The quantitative estimate of drug-likeness (QED) is 0.224. The number of hydrogen-bond donors (Lipinski definition) is 1. The number of benzene rings is 2. The SMILES string of the molecule is COc1cc2c(cc1OCCCCCBr)NC[C@@H]1CC(c3ccc(C4CCN(CC(F)(F)F)CC4)cc3)=CN1C2=O. The third kappa shape index (κ3) is 7.20. The lowest BCUT2D eigenvalue weighted by Gasteiger charge is -2.32. The van der Waals surface area contributed by atoms with Crippen LogP contribution in [0.4, 0.5) is 18.9 Å². The monoisotopic (exact) mass is 635 g/mol. The number of alkyl halides is 4. The Morgan fingerprint density at radius 2 is 1.80 bits per heavy atom. The number of unbranched alkanes of at least 4 members (excludes halogenated alkanes) is 2. The van der Waals surface area contributed by atoms with Gasteiger partial charge < -0.3 is 19.7 Å². The summed E-state index contributed by atoms with van der Waals surface area (Å²) in [6, 6.07) is 12.0. The molecule has 1 N–H and O–H groups in total. The molecule has 0 bridgehead atoms. The molecule has 0 unspecified atom stereocenters. The molecule has 3 aliphatic heterocycles. The molecule has 1 saturated heterocycles. The van der Waals surface area contributed by atoms with Gasteiger partial charge in [0.2, 0.25) is 0 Å². The molecule has 0 radical (unpaired) electrons. The molecule has 2 aromatic rings. The standard InChI is InChI=1S/C31H37BrF3N3O3/c1-40-28-16-26-27(17-29(28)41-14-4-2-3-11-32)36-18-25-15-24(19-38(25)30(26)39)22-7-5-21(6-8-22)23-9-12-37(13-10-23)20-31(33,34)35/h5-8,16-17,19,23,25,36H,2-4,9-15,18,20H2,1H3/t25-/m0/s1. The van der Waals surface area contributed by atoms with Gasteiger partial charge in [0.15, 0.2) is 11.5 Å². The van der Waals surface area contributed by atoms with E-state index < -0.39 is 12.7 Å². The van der Waals surface area contributed by atoms with E-state index in [0.717, 1.165) is 66.2 Å². The van der Waals surface area contributed by atoms with Crippen molar-refractivity contribution in [1.82, 2.24) is 9.80 Å². The summed E-state index contributed by atoms with van der Waals surface area (Å²) < 4.78 is 49.7. The number of ether oxygens (including phenoxy) is 2. The number of amides is 1. The Labute approximate surface area is 248 Å². The van der Waals surface area contributed by atoms with Gasteiger partial charge in [-0.25, -0.2) is 0 Å². The van der Waals surface area contributed by atoms with E-state index in [4.69, 9.17) is 9.47 Å². The molecule has 10 heteroatoms. The second-order valence-electron chi connectivity index (χ2n) is 11.0. The zero-order valence-electron chi connectivity index (χ0n) is 23.3. The predicted octanol–water partition coefficient (Wildman–Crippen LogP) is 7.06. The number of carbonyl (C=O) groups excluding carboxylic acids is 1. The molecule has 0 saturated carbocycles. The van der Waals surface area contributed by atoms with Crippen molar-refractivity contribution in [3.8, 4) is 11.5 Å². The number of methoxy groups -OCH3 is 1. The Hall–Kier alpha value is -2.72. The summed E-state index contributed by atoms with van der Waals surface area (Å²) in [5.41, 5.74) is 4.62. The first kappa shape index (κ1) is 29.8. The van der Waals surface area contributed by atoms with Crippen molar-refractivity contribution in [2.24, 2.45) is 0 Å². The van der Waals surface area contributed by atoms with Crippen molar-refractivity contribution < 1.29 is 27.4 Å². The largest absolute Gasteiger partial charge is 0.493 e.